The normalized spacial score (nSPS) is 10.7. The maximum Gasteiger partial charge on any atom is 0.274 e. The molecule has 8 heteroatoms. The van der Waals surface area contributed by atoms with Crippen molar-refractivity contribution in [2.75, 3.05) is 5.32 Å². The van der Waals surface area contributed by atoms with Gasteiger partial charge in [-0.15, -0.1) is 0 Å². The van der Waals surface area contributed by atoms with Crippen molar-refractivity contribution in [2.45, 2.75) is 20.4 Å². The van der Waals surface area contributed by atoms with Crippen LogP contribution >= 0.6 is 0 Å². The summed E-state index contributed by atoms with van der Waals surface area (Å²) in [6, 6.07) is 9.75. The summed E-state index contributed by atoms with van der Waals surface area (Å²) >= 11 is 0. The number of carbonyl (C=O) groups excluding carboxylic acids is 1. The van der Waals surface area contributed by atoms with Crippen LogP contribution in [0.5, 0.6) is 0 Å². The molecule has 0 fully saturated rings. The van der Waals surface area contributed by atoms with Gasteiger partial charge in [0.2, 0.25) is 5.91 Å². The molecule has 132 valence electrons. The summed E-state index contributed by atoms with van der Waals surface area (Å²) < 4.78 is 1.21. The lowest BCUT2D eigenvalue weighted by Crippen LogP contribution is -2.28. The van der Waals surface area contributed by atoms with E-state index in [4.69, 9.17) is 0 Å². The minimum atomic E-state index is -0.509. The number of anilines is 1. The van der Waals surface area contributed by atoms with Gasteiger partial charge in [0, 0.05) is 17.3 Å². The molecule has 0 saturated carbocycles. The number of nitrogens with one attached hydrogen (secondary N) is 1. The molecule has 0 aliphatic heterocycles. The van der Waals surface area contributed by atoms with E-state index in [9.17, 15) is 19.7 Å². The molecule has 1 N–H and O–H groups in total. The molecule has 3 rings (SSSR count). The molecular weight excluding hydrogens is 336 g/mol. The highest BCUT2D eigenvalue weighted by Crippen LogP contribution is 2.22. The number of rotatable bonds is 4. The van der Waals surface area contributed by atoms with Crippen molar-refractivity contribution in [3.05, 3.63) is 74.3 Å². The van der Waals surface area contributed by atoms with E-state index in [1.165, 1.54) is 17.0 Å². The molecule has 1 heterocycles. The highest BCUT2D eigenvalue weighted by Gasteiger charge is 2.13. The number of nitro benzene ring substituents is 1. The van der Waals surface area contributed by atoms with Crippen LogP contribution in [-0.4, -0.2) is 20.4 Å². The van der Waals surface area contributed by atoms with Crippen LogP contribution in [0.2, 0.25) is 0 Å². The summed E-state index contributed by atoms with van der Waals surface area (Å²) in [5.41, 5.74) is 1.88. The number of aromatic nitrogens is 2. The average molecular weight is 352 g/mol. The van der Waals surface area contributed by atoms with Gasteiger partial charge in [0.05, 0.1) is 22.2 Å². The average Bonchev–Trinajstić information content (AvgIpc) is 2.59. The maximum absolute atomic E-state index is 12.5. The Balaban J connectivity index is 1.84. The molecule has 1 amide bonds. The van der Waals surface area contributed by atoms with E-state index in [-0.39, 0.29) is 17.8 Å². The number of hydrogen-bond acceptors (Lipinski definition) is 5. The SMILES string of the molecule is Cc1ccc2ncn(CC(=O)Nc3ccc(C)c([N+](=O)[O-])c3)c(=O)c2c1. The van der Waals surface area contributed by atoms with Gasteiger partial charge < -0.3 is 5.32 Å². The zero-order chi connectivity index (χ0) is 18.8. The topological polar surface area (TPSA) is 107 Å². The van der Waals surface area contributed by atoms with Gasteiger partial charge in [-0.05, 0) is 32.0 Å². The molecule has 0 atom stereocenters. The van der Waals surface area contributed by atoms with Gasteiger partial charge in [-0.3, -0.25) is 24.3 Å². The van der Waals surface area contributed by atoms with Gasteiger partial charge in [-0.2, -0.15) is 0 Å². The Kier molecular flexibility index (Phi) is 4.49. The molecule has 8 nitrogen and oxygen atoms in total. The quantitative estimate of drug-likeness (QED) is 0.573. The lowest BCUT2D eigenvalue weighted by atomic mass is 10.2. The van der Waals surface area contributed by atoms with Gasteiger partial charge in [0.1, 0.15) is 6.54 Å². The van der Waals surface area contributed by atoms with Gasteiger partial charge in [-0.1, -0.05) is 17.7 Å². The second kappa shape index (κ2) is 6.75. The number of carbonyl (C=O) groups is 1. The van der Waals surface area contributed by atoms with Gasteiger partial charge in [0.25, 0.3) is 11.2 Å². The fourth-order valence-corrected chi connectivity index (χ4v) is 2.62. The van der Waals surface area contributed by atoms with Crippen molar-refractivity contribution in [2.24, 2.45) is 0 Å². The Morgan fingerprint density at radius 1 is 1.23 bits per heavy atom. The summed E-state index contributed by atoms with van der Waals surface area (Å²) in [4.78, 5) is 39.4. The van der Waals surface area contributed by atoms with Crippen LogP contribution < -0.4 is 10.9 Å². The number of nitro groups is 1. The zero-order valence-electron chi connectivity index (χ0n) is 14.2. The zero-order valence-corrected chi connectivity index (χ0v) is 14.2. The monoisotopic (exact) mass is 352 g/mol. The molecule has 0 unspecified atom stereocenters. The Morgan fingerprint density at radius 3 is 2.73 bits per heavy atom. The van der Waals surface area contributed by atoms with Crippen molar-refractivity contribution in [3.63, 3.8) is 0 Å². The minimum absolute atomic E-state index is 0.0807. The third-order valence-corrected chi connectivity index (χ3v) is 3.98. The van der Waals surface area contributed by atoms with Gasteiger partial charge in [0.15, 0.2) is 0 Å². The Morgan fingerprint density at radius 2 is 2.00 bits per heavy atom. The van der Waals surface area contributed by atoms with E-state index in [1.807, 2.05) is 13.0 Å². The lowest BCUT2D eigenvalue weighted by Gasteiger charge is -2.09. The number of aryl methyl sites for hydroxylation is 2. The van der Waals surface area contributed by atoms with Crippen LogP contribution in [0.25, 0.3) is 10.9 Å². The van der Waals surface area contributed by atoms with E-state index in [1.54, 1.807) is 31.2 Å². The first kappa shape index (κ1) is 17.3. The maximum atomic E-state index is 12.5. The molecule has 0 bridgehead atoms. The van der Waals surface area contributed by atoms with Crippen LogP contribution in [0.1, 0.15) is 11.1 Å². The molecule has 0 aliphatic rings. The Bertz CT molecular complexity index is 1090. The van der Waals surface area contributed by atoms with Crippen molar-refractivity contribution in [1.82, 2.24) is 9.55 Å². The predicted molar refractivity (Wildman–Crippen MR) is 97.2 cm³/mol. The summed E-state index contributed by atoms with van der Waals surface area (Å²) in [6.45, 7) is 3.25. The van der Waals surface area contributed by atoms with E-state index in [0.29, 0.717) is 22.2 Å². The van der Waals surface area contributed by atoms with Crippen molar-refractivity contribution < 1.29 is 9.72 Å². The molecule has 0 aliphatic carbocycles. The molecule has 1 aromatic heterocycles. The fraction of sp³-hybridized carbons (Fsp3) is 0.167. The van der Waals surface area contributed by atoms with Crippen molar-refractivity contribution >= 4 is 28.2 Å². The smallest absolute Gasteiger partial charge is 0.274 e. The summed E-state index contributed by atoms with van der Waals surface area (Å²) in [5.74, 6) is -0.473. The van der Waals surface area contributed by atoms with Crippen LogP contribution in [0.3, 0.4) is 0 Å². The van der Waals surface area contributed by atoms with Gasteiger partial charge >= 0.3 is 0 Å². The molecule has 0 spiro atoms. The third kappa shape index (κ3) is 3.44. The van der Waals surface area contributed by atoms with Crippen LogP contribution in [0, 0.1) is 24.0 Å². The van der Waals surface area contributed by atoms with Crippen LogP contribution in [0.15, 0.2) is 47.5 Å². The molecule has 0 radical (unpaired) electrons. The summed E-state index contributed by atoms with van der Waals surface area (Å²) in [6.07, 6.45) is 1.32. The number of benzene rings is 2. The van der Waals surface area contributed by atoms with E-state index < -0.39 is 10.8 Å². The molecule has 3 aromatic rings. The first-order valence-electron chi connectivity index (χ1n) is 7.86. The van der Waals surface area contributed by atoms with E-state index in [2.05, 4.69) is 10.3 Å². The Labute approximate surface area is 148 Å². The summed E-state index contributed by atoms with van der Waals surface area (Å²) in [7, 11) is 0. The lowest BCUT2D eigenvalue weighted by molar-refractivity contribution is -0.385. The molecular formula is C18H16N4O4. The first-order chi connectivity index (χ1) is 12.3. The standard InChI is InChI=1S/C18H16N4O4/c1-11-3-6-15-14(7-11)18(24)21(10-19-15)9-17(23)20-13-5-4-12(2)16(8-13)22(25)26/h3-8,10H,9H2,1-2H3,(H,20,23). The van der Waals surface area contributed by atoms with E-state index in [0.717, 1.165) is 5.56 Å². The second-order valence-corrected chi connectivity index (χ2v) is 6.00. The fourth-order valence-electron chi connectivity index (χ4n) is 2.62. The predicted octanol–water partition coefficient (Wildman–Crippen LogP) is 2.56. The first-order valence-corrected chi connectivity index (χ1v) is 7.86. The van der Waals surface area contributed by atoms with E-state index >= 15 is 0 Å². The number of hydrogen-bond donors (Lipinski definition) is 1. The van der Waals surface area contributed by atoms with Crippen molar-refractivity contribution in [3.8, 4) is 0 Å². The summed E-state index contributed by atoms with van der Waals surface area (Å²) in [5, 5.41) is 14.0. The molecule has 2 aromatic carbocycles. The van der Waals surface area contributed by atoms with Crippen molar-refractivity contribution in [1.29, 1.82) is 0 Å². The third-order valence-electron chi connectivity index (χ3n) is 3.98. The molecule has 0 saturated heterocycles. The second-order valence-electron chi connectivity index (χ2n) is 6.00. The minimum Gasteiger partial charge on any atom is -0.324 e. The largest absolute Gasteiger partial charge is 0.324 e. The van der Waals surface area contributed by atoms with Crippen LogP contribution in [0.4, 0.5) is 11.4 Å². The van der Waals surface area contributed by atoms with Crippen LogP contribution in [-0.2, 0) is 11.3 Å². The highest BCUT2D eigenvalue weighted by molar-refractivity contribution is 5.91. The van der Waals surface area contributed by atoms with Gasteiger partial charge in [-0.25, -0.2) is 4.98 Å². The number of amides is 1. The molecule has 26 heavy (non-hydrogen) atoms. The Hall–Kier alpha value is -3.55. The number of fused-ring (bicyclic) bond motifs is 1. The highest BCUT2D eigenvalue weighted by atomic mass is 16.6. The number of nitrogens with zero attached hydrogens (tertiary/aromatic N) is 3.